The second kappa shape index (κ2) is 13.8. The summed E-state index contributed by atoms with van der Waals surface area (Å²) in [6.07, 6.45) is 8.11. The van der Waals surface area contributed by atoms with Crippen LogP contribution in [0.15, 0.2) is 77.8 Å². The standard InChI is InChI=1S/C36H46FN5O4S/c1-3-34-38-17-20-41(34)25-36(28-7-5-8-29(37)21-28,32-9-6-10-33(32)39-35(43)44)27-15-18-40(19-16-27)22-26-23-42(24-26)30-11-13-31(14-12-30)47(45,46)4-2/h4-5,7-8,11-14,17,20-21,26-27,32-33,39H,2-3,6,9-10,15-16,18-19,22-25H2,1H3,(H,43,44)/t32-,33-,36?/m0/s1. The van der Waals surface area contributed by atoms with Gasteiger partial charge in [0.1, 0.15) is 11.6 Å². The Hall–Kier alpha value is -3.70. The molecule has 0 radical (unpaired) electrons. The predicted molar refractivity (Wildman–Crippen MR) is 181 cm³/mol. The minimum atomic E-state index is -3.44. The lowest BCUT2D eigenvalue weighted by atomic mass is 9.58. The van der Waals surface area contributed by atoms with Crippen LogP contribution in [-0.2, 0) is 28.2 Å². The zero-order valence-electron chi connectivity index (χ0n) is 27.1. The van der Waals surface area contributed by atoms with Crippen LogP contribution in [0.5, 0.6) is 0 Å². The Morgan fingerprint density at radius 3 is 2.53 bits per heavy atom. The van der Waals surface area contributed by atoms with E-state index in [4.69, 9.17) is 0 Å². The molecule has 6 rings (SSSR count). The summed E-state index contributed by atoms with van der Waals surface area (Å²) in [6.45, 7) is 10.8. The molecule has 3 heterocycles. The number of carboxylic acid groups (broad SMARTS) is 1. The van der Waals surface area contributed by atoms with Gasteiger partial charge in [0.15, 0.2) is 9.84 Å². The van der Waals surface area contributed by atoms with Gasteiger partial charge in [-0.1, -0.05) is 32.1 Å². The fourth-order valence-corrected chi connectivity index (χ4v) is 9.40. The first kappa shape index (κ1) is 33.2. The summed E-state index contributed by atoms with van der Waals surface area (Å²) in [7, 11) is -3.44. The molecule has 1 unspecified atom stereocenters. The molecule has 11 heteroatoms. The number of anilines is 1. The number of nitrogens with zero attached hydrogens (tertiary/aromatic N) is 4. The highest BCUT2D eigenvalue weighted by molar-refractivity contribution is 7.94. The number of sulfone groups is 1. The fraction of sp³-hybridized carbons (Fsp3) is 0.500. The third kappa shape index (κ3) is 6.83. The largest absolute Gasteiger partial charge is 0.465 e. The first-order valence-electron chi connectivity index (χ1n) is 16.8. The molecule has 3 fully saturated rings. The van der Waals surface area contributed by atoms with E-state index in [1.54, 1.807) is 24.3 Å². The first-order valence-corrected chi connectivity index (χ1v) is 18.4. The molecule has 1 saturated carbocycles. The minimum Gasteiger partial charge on any atom is -0.465 e. The topological polar surface area (TPSA) is 108 Å². The maximum absolute atomic E-state index is 15.0. The van der Waals surface area contributed by atoms with Crippen molar-refractivity contribution in [3.8, 4) is 0 Å². The van der Waals surface area contributed by atoms with Gasteiger partial charge >= 0.3 is 6.09 Å². The van der Waals surface area contributed by atoms with Crippen LogP contribution in [0.4, 0.5) is 14.9 Å². The van der Waals surface area contributed by atoms with Crippen molar-refractivity contribution in [1.29, 1.82) is 0 Å². The number of carbonyl (C=O) groups is 1. The summed E-state index contributed by atoms with van der Waals surface area (Å²) in [6, 6.07) is 13.8. The average molecular weight is 664 g/mol. The first-order chi connectivity index (χ1) is 22.6. The molecule has 0 spiro atoms. The van der Waals surface area contributed by atoms with Gasteiger partial charge in [-0.25, -0.2) is 22.6 Å². The number of nitrogens with one attached hydrogen (secondary N) is 1. The van der Waals surface area contributed by atoms with Crippen LogP contribution >= 0.6 is 0 Å². The molecule has 252 valence electrons. The SMILES string of the molecule is C=CS(=O)(=O)c1ccc(N2CC(CN3CCC(C(Cn4ccnc4CC)(c4cccc(F)c4)[C@H]4CCC[C@@H]4NC(=O)O)CC3)C2)cc1. The van der Waals surface area contributed by atoms with E-state index in [0.717, 1.165) is 93.7 Å². The Bertz CT molecular complexity index is 1660. The summed E-state index contributed by atoms with van der Waals surface area (Å²) in [5.74, 6) is 1.50. The number of aromatic nitrogens is 2. The number of amides is 1. The van der Waals surface area contributed by atoms with Crippen LogP contribution in [0, 0.1) is 23.6 Å². The molecule has 3 aromatic rings. The van der Waals surface area contributed by atoms with E-state index < -0.39 is 21.3 Å². The highest BCUT2D eigenvalue weighted by Gasteiger charge is 2.52. The molecule has 1 amide bonds. The number of imidazole rings is 1. The van der Waals surface area contributed by atoms with Gasteiger partial charge in [0.2, 0.25) is 0 Å². The Labute approximate surface area is 277 Å². The number of hydrogen-bond donors (Lipinski definition) is 2. The molecule has 2 aromatic carbocycles. The summed E-state index contributed by atoms with van der Waals surface area (Å²) in [4.78, 5) is 21.6. The van der Waals surface area contributed by atoms with Crippen molar-refractivity contribution in [2.45, 2.75) is 68.3 Å². The van der Waals surface area contributed by atoms with E-state index in [2.05, 4.69) is 44.2 Å². The van der Waals surface area contributed by atoms with Crippen molar-refractivity contribution >= 4 is 21.6 Å². The Kier molecular flexibility index (Phi) is 9.75. The van der Waals surface area contributed by atoms with E-state index in [9.17, 15) is 18.3 Å². The van der Waals surface area contributed by atoms with Gasteiger partial charge in [-0.15, -0.1) is 0 Å². The minimum absolute atomic E-state index is 0.0251. The van der Waals surface area contributed by atoms with E-state index in [0.29, 0.717) is 12.5 Å². The molecule has 1 aromatic heterocycles. The third-order valence-corrected chi connectivity index (χ3v) is 12.3. The lowest BCUT2D eigenvalue weighted by Gasteiger charge is -2.51. The van der Waals surface area contributed by atoms with Crippen LogP contribution in [0.1, 0.15) is 50.4 Å². The Morgan fingerprint density at radius 2 is 1.87 bits per heavy atom. The molecular formula is C36H46FN5O4S. The van der Waals surface area contributed by atoms with Gasteiger partial charge < -0.3 is 24.8 Å². The molecule has 2 aliphatic heterocycles. The van der Waals surface area contributed by atoms with Gasteiger partial charge in [0.25, 0.3) is 0 Å². The van der Waals surface area contributed by atoms with Crippen LogP contribution < -0.4 is 10.2 Å². The lowest BCUT2D eigenvalue weighted by molar-refractivity contribution is 0.0548. The van der Waals surface area contributed by atoms with Crippen molar-refractivity contribution in [3.63, 3.8) is 0 Å². The smallest absolute Gasteiger partial charge is 0.404 e. The Morgan fingerprint density at radius 1 is 1.13 bits per heavy atom. The van der Waals surface area contributed by atoms with Crippen LogP contribution in [0.3, 0.4) is 0 Å². The zero-order chi connectivity index (χ0) is 33.2. The molecule has 0 bridgehead atoms. The summed E-state index contributed by atoms with van der Waals surface area (Å²) >= 11 is 0. The summed E-state index contributed by atoms with van der Waals surface area (Å²) < 4.78 is 41.4. The van der Waals surface area contributed by atoms with E-state index >= 15 is 4.39 Å². The molecular weight excluding hydrogens is 617 g/mol. The van der Waals surface area contributed by atoms with Crippen molar-refractivity contribution in [3.05, 3.63) is 90.1 Å². The van der Waals surface area contributed by atoms with Crippen molar-refractivity contribution in [2.24, 2.45) is 17.8 Å². The molecule has 47 heavy (non-hydrogen) atoms. The van der Waals surface area contributed by atoms with Gasteiger partial charge in [-0.2, -0.15) is 0 Å². The molecule has 2 N–H and O–H groups in total. The summed E-state index contributed by atoms with van der Waals surface area (Å²) in [5.41, 5.74) is 1.51. The number of aryl methyl sites for hydroxylation is 1. The fourth-order valence-electron chi connectivity index (χ4n) is 8.69. The monoisotopic (exact) mass is 663 g/mol. The van der Waals surface area contributed by atoms with Crippen LogP contribution in [0.25, 0.3) is 0 Å². The van der Waals surface area contributed by atoms with Crippen LogP contribution in [0.2, 0.25) is 0 Å². The van der Waals surface area contributed by atoms with Crippen LogP contribution in [-0.4, -0.2) is 72.8 Å². The van der Waals surface area contributed by atoms with Crippen molar-refractivity contribution in [1.82, 2.24) is 19.8 Å². The molecule has 1 aliphatic carbocycles. The highest BCUT2D eigenvalue weighted by atomic mass is 32.2. The maximum Gasteiger partial charge on any atom is 0.404 e. The van der Waals surface area contributed by atoms with Gasteiger partial charge in [0.05, 0.1) is 4.90 Å². The predicted octanol–water partition coefficient (Wildman–Crippen LogP) is 5.72. The second-order valence-electron chi connectivity index (χ2n) is 13.5. The number of likely N-dealkylation sites (tertiary alicyclic amines) is 1. The normalized spacial score (nSPS) is 22.5. The highest BCUT2D eigenvalue weighted by Crippen LogP contribution is 2.52. The quantitative estimate of drug-likeness (QED) is 0.255. The van der Waals surface area contributed by atoms with E-state index in [1.807, 2.05) is 24.5 Å². The van der Waals surface area contributed by atoms with E-state index in [1.165, 1.54) is 6.07 Å². The van der Waals surface area contributed by atoms with Crippen molar-refractivity contribution < 1.29 is 22.7 Å². The zero-order valence-corrected chi connectivity index (χ0v) is 27.9. The number of hydrogen-bond acceptors (Lipinski definition) is 6. The molecule has 2 saturated heterocycles. The number of benzene rings is 2. The molecule has 3 aliphatic rings. The van der Waals surface area contributed by atoms with E-state index in [-0.39, 0.29) is 28.6 Å². The summed E-state index contributed by atoms with van der Waals surface area (Å²) in [5, 5.41) is 13.6. The third-order valence-electron chi connectivity index (χ3n) is 10.9. The van der Waals surface area contributed by atoms with Gasteiger partial charge in [-0.05, 0) is 92.6 Å². The number of halogens is 1. The maximum atomic E-state index is 15.0. The Balaban J connectivity index is 1.20. The van der Waals surface area contributed by atoms with Gasteiger partial charge in [0, 0.05) is 73.5 Å². The molecule has 9 nitrogen and oxygen atoms in total. The molecule has 3 atom stereocenters. The second-order valence-corrected chi connectivity index (χ2v) is 15.4. The number of piperidine rings is 1. The average Bonchev–Trinajstić information content (AvgIpc) is 3.70. The van der Waals surface area contributed by atoms with Crippen molar-refractivity contribution in [2.75, 3.05) is 37.6 Å². The van der Waals surface area contributed by atoms with Gasteiger partial charge in [-0.3, -0.25) is 0 Å². The lowest BCUT2D eigenvalue weighted by Crippen LogP contribution is -2.56. The number of rotatable bonds is 12.